The number of piperazine rings is 1. The van der Waals surface area contributed by atoms with Gasteiger partial charge < -0.3 is 5.32 Å². The van der Waals surface area contributed by atoms with E-state index in [0.717, 1.165) is 44.8 Å². The number of carbonyl (C=O) groups is 1. The third-order valence-corrected chi connectivity index (χ3v) is 5.68. The van der Waals surface area contributed by atoms with E-state index in [0.29, 0.717) is 12.1 Å². The summed E-state index contributed by atoms with van der Waals surface area (Å²) in [6.07, 6.45) is 0. The summed E-state index contributed by atoms with van der Waals surface area (Å²) in [5.41, 5.74) is 3.93. The van der Waals surface area contributed by atoms with E-state index in [9.17, 15) is 9.18 Å². The molecule has 5 heteroatoms. The lowest BCUT2D eigenvalue weighted by molar-refractivity contribution is 0.0950. The zero-order chi connectivity index (χ0) is 21.5. The monoisotopic (exact) mass is 417 g/mol. The number of rotatable bonds is 7. The van der Waals surface area contributed by atoms with Crippen LogP contribution in [0.25, 0.3) is 0 Å². The summed E-state index contributed by atoms with van der Waals surface area (Å²) < 4.78 is 13.3. The molecule has 1 amide bonds. The molecule has 0 saturated carbocycles. The van der Waals surface area contributed by atoms with Crippen LogP contribution in [0.15, 0.2) is 78.9 Å². The smallest absolute Gasteiger partial charge is 0.251 e. The lowest BCUT2D eigenvalue weighted by Gasteiger charge is -2.34. The van der Waals surface area contributed by atoms with Crippen LogP contribution >= 0.6 is 0 Å². The zero-order valence-electron chi connectivity index (χ0n) is 17.6. The highest BCUT2D eigenvalue weighted by molar-refractivity contribution is 5.94. The minimum absolute atomic E-state index is 0.148. The van der Waals surface area contributed by atoms with Crippen LogP contribution in [0.4, 0.5) is 4.39 Å². The molecular weight excluding hydrogens is 389 g/mol. The molecular formula is C26H28FN3O. The molecule has 1 aliphatic rings. The highest BCUT2D eigenvalue weighted by Crippen LogP contribution is 2.13. The summed E-state index contributed by atoms with van der Waals surface area (Å²) in [5.74, 6) is -0.442. The Morgan fingerprint density at radius 1 is 0.742 bits per heavy atom. The number of amides is 1. The van der Waals surface area contributed by atoms with Crippen molar-refractivity contribution in [3.8, 4) is 0 Å². The number of hydrogen-bond donors (Lipinski definition) is 1. The average molecular weight is 418 g/mol. The summed E-state index contributed by atoms with van der Waals surface area (Å²) >= 11 is 0. The lowest BCUT2D eigenvalue weighted by Crippen LogP contribution is -2.45. The summed E-state index contributed by atoms with van der Waals surface area (Å²) in [4.78, 5) is 17.3. The molecule has 4 nitrogen and oxygen atoms in total. The van der Waals surface area contributed by atoms with E-state index in [-0.39, 0.29) is 11.7 Å². The first-order valence-corrected chi connectivity index (χ1v) is 10.8. The van der Waals surface area contributed by atoms with Crippen LogP contribution in [-0.2, 0) is 19.6 Å². The Kier molecular flexibility index (Phi) is 7.07. The second kappa shape index (κ2) is 10.3. The zero-order valence-corrected chi connectivity index (χ0v) is 17.6. The number of nitrogens with zero attached hydrogens (tertiary/aromatic N) is 2. The van der Waals surface area contributed by atoms with Crippen LogP contribution in [0, 0.1) is 5.82 Å². The van der Waals surface area contributed by atoms with Gasteiger partial charge in [-0.1, -0.05) is 54.6 Å². The second-order valence-corrected chi connectivity index (χ2v) is 8.05. The minimum Gasteiger partial charge on any atom is -0.348 e. The molecule has 0 aromatic heterocycles. The predicted molar refractivity (Wildman–Crippen MR) is 121 cm³/mol. The van der Waals surface area contributed by atoms with Crippen molar-refractivity contribution in [1.29, 1.82) is 0 Å². The molecule has 31 heavy (non-hydrogen) atoms. The maximum Gasteiger partial charge on any atom is 0.251 e. The Morgan fingerprint density at radius 3 is 1.94 bits per heavy atom. The standard InChI is InChI=1S/C26H28FN3O/c27-25-8-4-7-23(17-25)18-28-26(31)24-11-9-22(10-12-24)20-30-15-13-29(14-16-30)19-21-5-2-1-3-6-21/h1-12,17H,13-16,18-20H2,(H,28,31). The van der Waals surface area contributed by atoms with Crippen LogP contribution in [0.5, 0.6) is 0 Å². The maximum atomic E-state index is 13.3. The van der Waals surface area contributed by atoms with Crippen LogP contribution < -0.4 is 5.32 Å². The van der Waals surface area contributed by atoms with Gasteiger partial charge in [-0.15, -0.1) is 0 Å². The summed E-state index contributed by atoms with van der Waals surface area (Å²) in [5, 5.41) is 2.85. The molecule has 3 aromatic rings. The molecule has 0 radical (unpaired) electrons. The Bertz CT molecular complexity index is 983. The van der Waals surface area contributed by atoms with Crippen LogP contribution in [0.1, 0.15) is 27.0 Å². The molecule has 1 N–H and O–H groups in total. The fourth-order valence-corrected chi connectivity index (χ4v) is 3.90. The van der Waals surface area contributed by atoms with Gasteiger partial charge in [-0.3, -0.25) is 14.6 Å². The molecule has 0 bridgehead atoms. The van der Waals surface area contributed by atoms with Gasteiger partial charge in [-0.05, 0) is 41.0 Å². The second-order valence-electron chi connectivity index (χ2n) is 8.05. The van der Waals surface area contributed by atoms with E-state index < -0.39 is 0 Å². The van der Waals surface area contributed by atoms with Crippen molar-refractivity contribution < 1.29 is 9.18 Å². The lowest BCUT2D eigenvalue weighted by atomic mass is 10.1. The van der Waals surface area contributed by atoms with Gasteiger partial charge >= 0.3 is 0 Å². The first-order valence-electron chi connectivity index (χ1n) is 10.8. The van der Waals surface area contributed by atoms with E-state index in [1.807, 2.05) is 24.3 Å². The van der Waals surface area contributed by atoms with E-state index >= 15 is 0 Å². The fraction of sp³-hybridized carbons (Fsp3) is 0.269. The molecule has 1 aliphatic heterocycles. The molecule has 1 heterocycles. The van der Waals surface area contributed by atoms with Crippen molar-refractivity contribution in [3.05, 3.63) is 107 Å². The Morgan fingerprint density at radius 2 is 1.32 bits per heavy atom. The molecule has 1 fully saturated rings. The van der Waals surface area contributed by atoms with Crippen LogP contribution in [0.3, 0.4) is 0 Å². The molecule has 4 rings (SSSR count). The Hall–Kier alpha value is -3.02. The number of halogens is 1. The van der Waals surface area contributed by atoms with Crippen molar-refractivity contribution in [2.75, 3.05) is 26.2 Å². The molecule has 0 atom stereocenters. The van der Waals surface area contributed by atoms with E-state index in [2.05, 4.69) is 45.4 Å². The van der Waals surface area contributed by atoms with Crippen LogP contribution in [-0.4, -0.2) is 41.9 Å². The van der Waals surface area contributed by atoms with Gasteiger partial charge in [-0.25, -0.2) is 4.39 Å². The average Bonchev–Trinajstić information content (AvgIpc) is 2.80. The quantitative estimate of drug-likeness (QED) is 0.629. The van der Waals surface area contributed by atoms with Crippen molar-refractivity contribution in [2.45, 2.75) is 19.6 Å². The first kappa shape index (κ1) is 21.2. The SMILES string of the molecule is O=C(NCc1cccc(F)c1)c1ccc(CN2CCN(Cc3ccccc3)CC2)cc1. The number of hydrogen-bond acceptors (Lipinski definition) is 3. The van der Waals surface area contributed by atoms with Gasteiger partial charge in [0.2, 0.25) is 0 Å². The van der Waals surface area contributed by atoms with Gasteiger partial charge in [-0.2, -0.15) is 0 Å². The Balaban J connectivity index is 1.23. The van der Waals surface area contributed by atoms with Gasteiger partial charge in [0.25, 0.3) is 5.91 Å². The third-order valence-electron chi connectivity index (χ3n) is 5.68. The van der Waals surface area contributed by atoms with E-state index in [1.165, 1.54) is 23.3 Å². The Labute approximate surface area is 183 Å². The number of benzene rings is 3. The molecule has 160 valence electrons. The number of carbonyl (C=O) groups excluding carboxylic acids is 1. The molecule has 0 spiro atoms. The highest BCUT2D eigenvalue weighted by Gasteiger charge is 2.17. The number of nitrogens with one attached hydrogen (secondary N) is 1. The molecule has 0 aliphatic carbocycles. The largest absolute Gasteiger partial charge is 0.348 e. The van der Waals surface area contributed by atoms with Gasteiger partial charge in [0, 0.05) is 51.4 Å². The van der Waals surface area contributed by atoms with Crippen LogP contribution in [0.2, 0.25) is 0 Å². The fourth-order valence-electron chi connectivity index (χ4n) is 3.90. The van der Waals surface area contributed by atoms with Crippen molar-refractivity contribution >= 4 is 5.91 Å². The van der Waals surface area contributed by atoms with Crippen molar-refractivity contribution in [2.24, 2.45) is 0 Å². The predicted octanol–water partition coefficient (Wildman–Crippen LogP) is 4.07. The maximum absolute atomic E-state index is 13.3. The molecule has 3 aromatic carbocycles. The topological polar surface area (TPSA) is 35.6 Å². The van der Waals surface area contributed by atoms with Gasteiger partial charge in [0.05, 0.1) is 0 Å². The van der Waals surface area contributed by atoms with Gasteiger partial charge in [0.15, 0.2) is 0 Å². The highest BCUT2D eigenvalue weighted by atomic mass is 19.1. The van der Waals surface area contributed by atoms with Crippen molar-refractivity contribution in [3.63, 3.8) is 0 Å². The van der Waals surface area contributed by atoms with E-state index in [1.54, 1.807) is 12.1 Å². The van der Waals surface area contributed by atoms with E-state index in [4.69, 9.17) is 0 Å². The third kappa shape index (κ3) is 6.23. The minimum atomic E-state index is -0.294. The molecule has 0 unspecified atom stereocenters. The van der Waals surface area contributed by atoms with Gasteiger partial charge in [0.1, 0.15) is 5.82 Å². The summed E-state index contributed by atoms with van der Waals surface area (Å²) in [6, 6.07) is 24.7. The first-order chi connectivity index (χ1) is 15.2. The summed E-state index contributed by atoms with van der Waals surface area (Å²) in [6.45, 7) is 6.43. The summed E-state index contributed by atoms with van der Waals surface area (Å²) in [7, 11) is 0. The normalized spacial score (nSPS) is 15.0. The van der Waals surface area contributed by atoms with Crippen molar-refractivity contribution in [1.82, 2.24) is 15.1 Å². The molecule has 1 saturated heterocycles.